The van der Waals surface area contributed by atoms with Gasteiger partial charge in [-0.25, -0.2) is 4.98 Å². The molecule has 1 amide bonds. The molecule has 1 atom stereocenters. The fourth-order valence-corrected chi connectivity index (χ4v) is 4.37. The number of aromatic nitrogens is 1. The van der Waals surface area contributed by atoms with Gasteiger partial charge in [-0.15, -0.1) is 0 Å². The second kappa shape index (κ2) is 8.93. The summed E-state index contributed by atoms with van der Waals surface area (Å²) in [4.78, 5) is 17.5. The minimum absolute atomic E-state index is 0.116. The molecule has 0 spiro atoms. The topological polar surface area (TPSA) is 51.2 Å². The number of rotatable bonds is 6. The standard InChI is InChI=1S/C23H22N2O2S/c26-22(20-12-7-14-24-23(20)27-19-13-15-28-16-19)25-21(17-8-3-1-4-9-17)18-10-5-2-6-11-18/h1-12,14,19,21H,13,15-16H2,(H,25,26). The Morgan fingerprint density at radius 3 is 2.29 bits per heavy atom. The van der Waals surface area contributed by atoms with E-state index in [4.69, 9.17) is 4.74 Å². The van der Waals surface area contributed by atoms with Crippen LogP contribution < -0.4 is 10.1 Å². The van der Waals surface area contributed by atoms with Crippen molar-refractivity contribution >= 4 is 17.7 Å². The van der Waals surface area contributed by atoms with Gasteiger partial charge >= 0.3 is 0 Å². The number of pyridine rings is 1. The smallest absolute Gasteiger partial charge is 0.257 e. The number of benzene rings is 2. The van der Waals surface area contributed by atoms with Crippen LogP contribution in [-0.4, -0.2) is 28.5 Å². The van der Waals surface area contributed by atoms with Crippen LogP contribution in [0.4, 0.5) is 0 Å². The summed E-state index contributed by atoms with van der Waals surface area (Å²) in [5, 5.41) is 3.17. The molecule has 0 radical (unpaired) electrons. The van der Waals surface area contributed by atoms with Gasteiger partial charge in [-0.3, -0.25) is 4.79 Å². The van der Waals surface area contributed by atoms with Crippen LogP contribution in [0.5, 0.6) is 5.88 Å². The van der Waals surface area contributed by atoms with Crippen LogP contribution in [0.1, 0.15) is 33.9 Å². The average molecular weight is 391 g/mol. The Hall–Kier alpha value is -2.79. The van der Waals surface area contributed by atoms with E-state index in [9.17, 15) is 4.79 Å². The zero-order valence-electron chi connectivity index (χ0n) is 15.5. The van der Waals surface area contributed by atoms with Gasteiger partial charge in [0.1, 0.15) is 11.7 Å². The van der Waals surface area contributed by atoms with E-state index in [2.05, 4.69) is 10.3 Å². The van der Waals surface area contributed by atoms with E-state index < -0.39 is 0 Å². The molecule has 2 heterocycles. The molecular weight excluding hydrogens is 368 g/mol. The second-order valence-electron chi connectivity index (χ2n) is 6.69. The van der Waals surface area contributed by atoms with Gasteiger partial charge < -0.3 is 10.1 Å². The van der Waals surface area contributed by atoms with Crippen molar-refractivity contribution in [2.45, 2.75) is 18.6 Å². The number of nitrogens with zero attached hydrogens (tertiary/aromatic N) is 1. The largest absolute Gasteiger partial charge is 0.473 e. The molecule has 1 N–H and O–H groups in total. The molecule has 1 fully saturated rings. The summed E-state index contributed by atoms with van der Waals surface area (Å²) in [7, 11) is 0. The Balaban J connectivity index is 1.60. The predicted octanol–water partition coefficient (Wildman–Crippen LogP) is 4.49. The SMILES string of the molecule is O=C(NC(c1ccccc1)c1ccccc1)c1cccnc1OC1CCSC1. The van der Waals surface area contributed by atoms with Crippen molar-refractivity contribution in [3.8, 4) is 5.88 Å². The average Bonchev–Trinajstić information content (AvgIpc) is 3.26. The first-order chi connectivity index (χ1) is 13.8. The van der Waals surface area contributed by atoms with E-state index >= 15 is 0 Å². The van der Waals surface area contributed by atoms with Crippen molar-refractivity contribution < 1.29 is 9.53 Å². The maximum atomic E-state index is 13.2. The highest BCUT2D eigenvalue weighted by Crippen LogP contribution is 2.26. The molecule has 3 aromatic rings. The Kier molecular flexibility index (Phi) is 5.92. The summed E-state index contributed by atoms with van der Waals surface area (Å²) in [6, 6.07) is 23.2. The molecule has 28 heavy (non-hydrogen) atoms. The third-order valence-electron chi connectivity index (χ3n) is 4.72. The minimum Gasteiger partial charge on any atom is -0.473 e. The maximum Gasteiger partial charge on any atom is 0.257 e. The summed E-state index contributed by atoms with van der Waals surface area (Å²) >= 11 is 1.87. The van der Waals surface area contributed by atoms with Crippen LogP contribution in [0.2, 0.25) is 0 Å². The highest BCUT2D eigenvalue weighted by atomic mass is 32.2. The summed E-state index contributed by atoms with van der Waals surface area (Å²) in [6.07, 6.45) is 2.77. The molecule has 0 bridgehead atoms. The van der Waals surface area contributed by atoms with Gasteiger partial charge in [0.25, 0.3) is 5.91 Å². The van der Waals surface area contributed by atoms with Crippen molar-refractivity contribution in [2.24, 2.45) is 0 Å². The van der Waals surface area contributed by atoms with Crippen molar-refractivity contribution in [1.82, 2.24) is 10.3 Å². The van der Waals surface area contributed by atoms with Gasteiger partial charge in [0.05, 0.1) is 6.04 Å². The number of hydrogen-bond donors (Lipinski definition) is 1. The molecule has 1 unspecified atom stereocenters. The van der Waals surface area contributed by atoms with E-state index in [0.717, 1.165) is 29.1 Å². The molecule has 0 aliphatic carbocycles. The fraction of sp³-hybridized carbons (Fsp3) is 0.217. The molecule has 4 rings (SSSR count). The lowest BCUT2D eigenvalue weighted by Gasteiger charge is -2.21. The first kappa shape index (κ1) is 18.6. The number of amides is 1. The molecule has 2 aromatic carbocycles. The van der Waals surface area contributed by atoms with Gasteiger partial charge in [0.2, 0.25) is 5.88 Å². The number of thioether (sulfide) groups is 1. The van der Waals surface area contributed by atoms with Gasteiger partial charge in [-0.05, 0) is 35.4 Å². The summed E-state index contributed by atoms with van der Waals surface area (Å²) in [5.41, 5.74) is 2.53. The van der Waals surface area contributed by atoms with Crippen molar-refractivity contribution in [3.05, 3.63) is 95.7 Å². The monoisotopic (exact) mass is 390 g/mol. The molecule has 142 valence electrons. The van der Waals surface area contributed by atoms with Crippen LogP contribution in [0.3, 0.4) is 0 Å². The van der Waals surface area contributed by atoms with Gasteiger partial charge in [0, 0.05) is 11.9 Å². The van der Waals surface area contributed by atoms with Crippen molar-refractivity contribution in [1.29, 1.82) is 0 Å². The highest BCUT2D eigenvalue weighted by Gasteiger charge is 2.23. The molecule has 1 aliphatic heterocycles. The number of carbonyl (C=O) groups is 1. The number of carbonyl (C=O) groups excluding carboxylic acids is 1. The van der Waals surface area contributed by atoms with Crippen LogP contribution in [-0.2, 0) is 0 Å². The third-order valence-corrected chi connectivity index (χ3v) is 5.86. The van der Waals surface area contributed by atoms with Gasteiger partial charge in [-0.1, -0.05) is 60.7 Å². The Labute approximate surface area is 169 Å². The Morgan fingerprint density at radius 2 is 1.68 bits per heavy atom. The molecule has 1 saturated heterocycles. The van der Waals surface area contributed by atoms with E-state index in [-0.39, 0.29) is 18.1 Å². The summed E-state index contributed by atoms with van der Waals surface area (Å²) in [6.45, 7) is 0. The second-order valence-corrected chi connectivity index (χ2v) is 7.84. The third kappa shape index (κ3) is 4.37. The van der Waals surface area contributed by atoms with E-state index in [1.807, 2.05) is 72.4 Å². The Morgan fingerprint density at radius 1 is 1.00 bits per heavy atom. The predicted molar refractivity (Wildman–Crippen MR) is 113 cm³/mol. The van der Waals surface area contributed by atoms with E-state index in [1.54, 1.807) is 18.3 Å². The van der Waals surface area contributed by atoms with Crippen molar-refractivity contribution in [2.75, 3.05) is 11.5 Å². The summed E-state index contributed by atoms with van der Waals surface area (Å²) in [5.74, 6) is 2.25. The fourth-order valence-electron chi connectivity index (χ4n) is 3.28. The lowest BCUT2D eigenvalue weighted by Crippen LogP contribution is -2.30. The number of ether oxygens (including phenoxy) is 1. The lowest BCUT2D eigenvalue weighted by atomic mass is 9.98. The maximum absolute atomic E-state index is 13.2. The summed E-state index contributed by atoms with van der Waals surface area (Å²) < 4.78 is 6.03. The Bertz CT molecular complexity index is 873. The van der Waals surface area contributed by atoms with Crippen LogP contribution >= 0.6 is 11.8 Å². The normalized spacial score (nSPS) is 16.1. The zero-order valence-corrected chi connectivity index (χ0v) is 16.3. The molecule has 1 aromatic heterocycles. The molecule has 1 aliphatic rings. The van der Waals surface area contributed by atoms with E-state index in [1.165, 1.54) is 0 Å². The van der Waals surface area contributed by atoms with Crippen LogP contribution in [0.25, 0.3) is 0 Å². The van der Waals surface area contributed by atoms with Gasteiger partial charge in [0.15, 0.2) is 0 Å². The first-order valence-electron chi connectivity index (χ1n) is 9.41. The minimum atomic E-state index is -0.245. The first-order valence-corrected chi connectivity index (χ1v) is 10.6. The zero-order chi connectivity index (χ0) is 19.2. The molecule has 0 saturated carbocycles. The van der Waals surface area contributed by atoms with Crippen LogP contribution in [0, 0.1) is 0 Å². The molecular formula is C23H22N2O2S. The lowest BCUT2D eigenvalue weighted by molar-refractivity contribution is 0.0935. The van der Waals surface area contributed by atoms with E-state index in [0.29, 0.717) is 11.4 Å². The van der Waals surface area contributed by atoms with Crippen LogP contribution in [0.15, 0.2) is 79.0 Å². The quantitative estimate of drug-likeness (QED) is 0.674. The van der Waals surface area contributed by atoms with Gasteiger partial charge in [-0.2, -0.15) is 11.8 Å². The highest BCUT2D eigenvalue weighted by molar-refractivity contribution is 7.99. The molecule has 4 nitrogen and oxygen atoms in total. The van der Waals surface area contributed by atoms with Crippen molar-refractivity contribution in [3.63, 3.8) is 0 Å². The molecule has 5 heteroatoms. The number of nitrogens with one attached hydrogen (secondary N) is 1. The number of hydrogen-bond acceptors (Lipinski definition) is 4.